The molecule has 3 N–H and O–H groups in total. The first-order chi connectivity index (χ1) is 6.79. The molecule has 0 aromatic carbocycles. The van der Waals surface area contributed by atoms with Gasteiger partial charge in [-0.3, -0.25) is 0 Å². The molecule has 1 aliphatic carbocycles. The van der Waals surface area contributed by atoms with Crippen LogP contribution in [0.1, 0.15) is 19.8 Å². The van der Waals surface area contributed by atoms with E-state index < -0.39 is 0 Å². The second kappa shape index (κ2) is 3.86. The Labute approximate surface area is 84.7 Å². The molecule has 1 fully saturated rings. The number of nitrogen functional groups attached to an aromatic ring is 1. The first-order valence-electron chi connectivity index (χ1n) is 5.25. The van der Waals surface area contributed by atoms with Gasteiger partial charge in [0.05, 0.1) is 11.9 Å². The highest BCUT2D eigenvalue weighted by atomic mass is 15.0. The van der Waals surface area contributed by atoms with E-state index in [2.05, 4.69) is 17.2 Å². The van der Waals surface area contributed by atoms with Gasteiger partial charge < -0.3 is 11.1 Å². The van der Waals surface area contributed by atoms with Gasteiger partial charge in [0.15, 0.2) is 0 Å². The van der Waals surface area contributed by atoms with E-state index in [-0.39, 0.29) is 0 Å². The lowest BCUT2D eigenvalue weighted by Gasteiger charge is -2.04. The van der Waals surface area contributed by atoms with Crippen molar-refractivity contribution < 1.29 is 0 Å². The van der Waals surface area contributed by atoms with E-state index in [1.165, 1.54) is 12.8 Å². The van der Waals surface area contributed by atoms with Gasteiger partial charge in [-0.1, -0.05) is 13.3 Å². The number of pyridine rings is 1. The molecule has 2 rings (SSSR count). The molecule has 76 valence electrons. The molecule has 2 unspecified atom stereocenters. The molecule has 1 heterocycles. The highest BCUT2D eigenvalue weighted by Crippen LogP contribution is 2.40. The maximum atomic E-state index is 5.55. The zero-order valence-corrected chi connectivity index (χ0v) is 8.53. The van der Waals surface area contributed by atoms with Gasteiger partial charge in [-0.05, 0) is 30.4 Å². The Kier molecular flexibility index (Phi) is 2.57. The highest BCUT2D eigenvalue weighted by Gasteiger charge is 2.34. The summed E-state index contributed by atoms with van der Waals surface area (Å²) in [6, 6.07) is 3.80. The predicted octanol–water partition coefficient (Wildman–Crippen LogP) is 2.12. The van der Waals surface area contributed by atoms with Crippen molar-refractivity contribution in [1.82, 2.24) is 4.98 Å². The average molecular weight is 191 g/mol. The van der Waals surface area contributed by atoms with E-state index in [0.29, 0.717) is 5.69 Å². The molecule has 3 nitrogen and oxygen atoms in total. The SMILES string of the molecule is CCC1CC1CNc1ccc(N)cn1. The van der Waals surface area contributed by atoms with Crippen LogP contribution < -0.4 is 11.1 Å². The molecule has 14 heavy (non-hydrogen) atoms. The molecule has 1 aromatic heterocycles. The third kappa shape index (κ3) is 2.16. The molecule has 0 spiro atoms. The Bertz CT molecular complexity index is 294. The Morgan fingerprint density at radius 2 is 2.36 bits per heavy atom. The molecule has 1 aliphatic rings. The Morgan fingerprint density at radius 3 is 2.93 bits per heavy atom. The number of nitrogens with two attached hydrogens (primary N) is 1. The van der Waals surface area contributed by atoms with E-state index >= 15 is 0 Å². The summed E-state index contributed by atoms with van der Waals surface area (Å²) in [6.07, 6.45) is 4.37. The minimum Gasteiger partial charge on any atom is -0.397 e. The van der Waals surface area contributed by atoms with Gasteiger partial charge in [0.1, 0.15) is 5.82 Å². The molecular weight excluding hydrogens is 174 g/mol. The lowest BCUT2D eigenvalue weighted by molar-refractivity contribution is 0.700. The van der Waals surface area contributed by atoms with Gasteiger partial charge in [0.25, 0.3) is 0 Å². The normalized spacial score (nSPS) is 24.6. The standard InChI is InChI=1S/C11H17N3/c1-2-8-5-9(8)6-13-11-4-3-10(12)7-14-11/h3-4,7-9H,2,5-6,12H2,1H3,(H,13,14). The average Bonchev–Trinajstić information content (AvgIpc) is 2.96. The lowest BCUT2D eigenvalue weighted by Crippen LogP contribution is -2.06. The van der Waals surface area contributed by atoms with Crippen LogP contribution in [-0.4, -0.2) is 11.5 Å². The summed E-state index contributed by atoms with van der Waals surface area (Å²) in [5, 5.41) is 3.33. The van der Waals surface area contributed by atoms with Crippen LogP contribution in [0.3, 0.4) is 0 Å². The number of nitrogens with zero attached hydrogens (tertiary/aromatic N) is 1. The molecule has 1 aromatic rings. The Balaban J connectivity index is 1.78. The fourth-order valence-electron chi connectivity index (χ4n) is 1.81. The van der Waals surface area contributed by atoms with E-state index in [1.807, 2.05) is 12.1 Å². The second-order valence-corrected chi connectivity index (χ2v) is 4.02. The minimum atomic E-state index is 0.716. The van der Waals surface area contributed by atoms with Crippen molar-refractivity contribution in [2.45, 2.75) is 19.8 Å². The van der Waals surface area contributed by atoms with Crippen molar-refractivity contribution in [2.24, 2.45) is 11.8 Å². The van der Waals surface area contributed by atoms with E-state index in [1.54, 1.807) is 6.20 Å². The summed E-state index contributed by atoms with van der Waals surface area (Å²) in [5.74, 6) is 2.73. The monoisotopic (exact) mass is 191 g/mol. The van der Waals surface area contributed by atoms with Crippen molar-refractivity contribution in [3.05, 3.63) is 18.3 Å². The van der Waals surface area contributed by atoms with Crippen LogP contribution in [0.15, 0.2) is 18.3 Å². The zero-order valence-electron chi connectivity index (χ0n) is 8.53. The summed E-state index contributed by atoms with van der Waals surface area (Å²) in [5.41, 5.74) is 6.26. The maximum Gasteiger partial charge on any atom is 0.126 e. The third-order valence-corrected chi connectivity index (χ3v) is 2.93. The number of anilines is 2. The molecule has 0 saturated heterocycles. The van der Waals surface area contributed by atoms with Crippen molar-refractivity contribution in [3.63, 3.8) is 0 Å². The molecule has 2 atom stereocenters. The molecule has 0 aliphatic heterocycles. The van der Waals surface area contributed by atoms with E-state index in [9.17, 15) is 0 Å². The molecule has 1 saturated carbocycles. The van der Waals surface area contributed by atoms with Crippen molar-refractivity contribution >= 4 is 11.5 Å². The van der Waals surface area contributed by atoms with Crippen LogP contribution in [0.4, 0.5) is 11.5 Å². The predicted molar refractivity (Wildman–Crippen MR) is 59.0 cm³/mol. The van der Waals surface area contributed by atoms with Crippen LogP contribution in [-0.2, 0) is 0 Å². The summed E-state index contributed by atoms with van der Waals surface area (Å²) in [6.45, 7) is 3.31. The summed E-state index contributed by atoms with van der Waals surface area (Å²) >= 11 is 0. The van der Waals surface area contributed by atoms with Gasteiger partial charge in [-0.15, -0.1) is 0 Å². The van der Waals surface area contributed by atoms with Gasteiger partial charge in [0.2, 0.25) is 0 Å². The highest BCUT2D eigenvalue weighted by molar-refractivity contribution is 5.43. The molecular formula is C11H17N3. The van der Waals surface area contributed by atoms with Crippen molar-refractivity contribution in [2.75, 3.05) is 17.6 Å². The second-order valence-electron chi connectivity index (χ2n) is 4.02. The molecule has 0 amide bonds. The Morgan fingerprint density at radius 1 is 1.50 bits per heavy atom. The summed E-state index contributed by atoms with van der Waals surface area (Å²) in [4.78, 5) is 4.19. The van der Waals surface area contributed by atoms with Gasteiger partial charge in [0, 0.05) is 6.54 Å². The third-order valence-electron chi connectivity index (χ3n) is 2.93. The number of aromatic nitrogens is 1. The van der Waals surface area contributed by atoms with Gasteiger partial charge in [-0.2, -0.15) is 0 Å². The van der Waals surface area contributed by atoms with E-state index in [4.69, 9.17) is 5.73 Å². The van der Waals surface area contributed by atoms with E-state index in [0.717, 1.165) is 24.2 Å². The van der Waals surface area contributed by atoms with Crippen LogP contribution in [0, 0.1) is 11.8 Å². The van der Waals surface area contributed by atoms with Crippen LogP contribution in [0.5, 0.6) is 0 Å². The first kappa shape index (κ1) is 9.31. The number of rotatable bonds is 4. The topological polar surface area (TPSA) is 50.9 Å². The fraction of sp³-hybridized carbons (Fsp3) is 0.545. The zero-order chi connectivity index (χ0) is 9.97. The quantitative estimate of drug-likeness (QED) is 0.766. The van der Waals surface area contributed by atoms with Crippen LogP contribution in [0.25, 0.3) is 0 Å². The van der Waals surface area contributed by atoms with Crippen molar-refractivity contribution in [1.29, 1.82) is 0 Å². The van der Waals surface area contributed by atoms with Crippen LogP contribution in [0.2, 0.25) is 0 Å². The summed E-state index contributed by atoms with van der Waals surface area (Å²) < 4.78 is 0. The fourth-order valence-corrected chi connectivity index (χ4v) is 1.81. The molecule has 3 heteroatoms. The lowest BCUT2D eigenvalue weighted by atomic mass is 10.2. The number of nitrogens with one attached hydrogen (secondary N) is 1. The van der Waals surface area contributed by atoms with Crippen LogP contribution >= 0.6 is 0 Å². The first-order valence-corrected chi connectivity index (χ1v) is 5.25. The smallest absolute Gasteiger partial charge is 0.126 e. The largest absolute Gasteiger partial charge is 0.397 e. The number of hydrogen-bond acceptors (Lipinski definition) is 3. The Hall–Kier alpha value is -1.25. The van der Waals surface area contributed by atoms with Crippen molar-refractivity contribution in [3.8, 4) is 0 Å². The summed E-state index contributed by atoms with van der Waals surface area (Å²) in [7, 11) is 0. The molecule has 0 bridgehead atoms. The minimum absolute atomic E-state index is 0.716. The number of hydrogen-bond donors (Lipinski definition) is 2. The van der Waals surface area contributed by atoms with Gasteiger partial charge >= 0.3 is 0 Å². The maximum absolute atomic E-state index is 5.55. The molecule has 0 radical (unpaired) electrons. The van der Waals surface area contributed by atoms with Gasteiger partial charge in [-0.25, -0.2) is 4.98 Å².